The fourth-order valence-corrected chi connectivity index (χ4v) is 1.46. The Morgan fingerprint density at radius 2 is 1.75 bits per heavy atom. The maximum atomic E-state index is 12.5. The minimum atomic E-state index is -1.34. The van der Waals surface area contributed by atoms with Crippen LogP contribution in [0.4, 0.5) is 9.18 Å². The molecule has 1 unspecified atom stereocenters. The third kappa shape index (κ3) is 5.47. The van der Waals surface area contributed by atoms with Gasteiger partial charge in [0.05, 0.1) is 0 Å². The van der Waals surface area contributed by atoms with Crippen LogP contribution < -0.4 is 5.32 Å². The molecule has 2 N–H and O–H groups in total. The van der Waals surface area contributed by atoms with Crippen molar-refractivity contribution in [2.45, 2.75) is 25.9 Å². The van der Waals surface area contributed by atoms with Crippen molar-refractivity contribution in [1.29, 1.82) is 0 Å². The SMILES string of the molecule is CC(OC(=O)O)c1ccc(F)cc1.O=C1CCC(=O)N1. The number of hydrogen-bond acceptors (Lipinski definition) is 4. The van der Waals surface area contributed by atoms with E-state index in [1.54, 1.807) is 6.92 Å². The predicted molar refractivity (Wildman–Crippen MR) is 66.3 cm³/mol. The van der Waals surface area contributed by atoms with Crippen LogP contribution in [-0.2, 0) is 14.3 Å². The molecule has 2 amide bonds. The van der Waals surface area contributed by atoms with Crippen LogP contribution in [-0.4, -0.2) is 23.1 Å². The van der Waals surface area contributed by atoms with E-state index in [-0.39, 0.29) is 17.6 Å². The maximum Gasteiger partial charge on any atom is 0.506 e. The minimum absolute atomic E-state index is 0.148. The van der Waals surface area contributed by atoms with Crippen LogP contribution in [0.2, 0.25) is 0 Å². The highest BCUT2D eigenvalue weighted by Crippen LogP contribution is 2.16. The van der Waals surface area contributed by atoms with Crippen LogP contribution in [0.5, 0.6) is 0 Å². The van der Waals surface area contributed by atoms with Crippen LogP contribution >= 0.6 is 0 Å². The molecule has 1 aromatic carbocycles. The van der Waals surface area contributed by atoms with Gasteiger partial charge in [-0.05, 0) is 24.6 Å². The molecule has 6 nitrogen and oxygen atoms in total. The van der Waals surface area contributed by atoms with Gasteiger partial charge in [-0.1, -0.05) is 12.1 Å². The molecule has 0 saturated carbocycles. The Hall–Kier alpha value is -2.44. The lowest BCUT2D eigenvalue weighted by Crippen LogP contribution is -2.18. The number of rotatable bonds is 2. The molecule has 0 aromatic heterocycles. The van der Waals surface area contributed by atoms with Crippen LogP contribution in [0.25, 0.3) is 0 Å². The van der Waals surface area contributed by atoms with E-state index in [9.17, 15) is 18.8 Å². The van der Waals surface area contributed by atoms with Gasteiger partial charge in [0.15, 0.2) is 0 Å². The second-order valence-electron chi connectivity index (χ2n) is 4.05. The number of carbonyl (C=O) groups excluding carboxylic acids is 2. The summed E-state index contributed by atoms with van der Waals surface area (Å²) in [5.74, 6) is -0.652. The first-order valence-corrected chi connectivity index (χ1v) is 5.86. The van der Waals surface area contributed by atoms with Crippen molar-refractivity contribution >= 4 is 18.0 Å². The van der Waals surface area contributed by atoms with Crippen molar-refractivity contribution in [2.24, 2.45) is 0 Å². The Kier molecular flexibility index (Phi) is 5.64. The van der Waals surface area contributed by atoms with Gasteiger partial charge in [-0.2, -0.15) is 0 Å². The first kappa shape index (κ1) is 15.6. The Bertz CT molecular complexity index is 486. The first-order valence-electron chi connectivity index (χ1n) is 5.86. The monoisotopic (exact) mass is 283 g/mol. The summed E-state index contributed by atoms with van der Waals surface area (Å²) in [5.41, 5.74) is 0.629. The number of carbonyl (C=O) groups is 3. The van der Waals surface area contributed by atoms with E-state index in [1.165, 1.54) is 24.3 Å². The van der Waals surface area contributed by atoms with Gasteiger partial charge in [0.25, 0.3) is 0 Å². The molecule has 1 heterocycles. The lowest BCUT2D eigenvalue weighted by molar-refractivity contribution is -0.124. The molecular formula is C13H14FNO5. The smallest absolute Gasteiger partial charge is 0.450 e. The quantitative estimate of drug-likeness (QED) is 0.639. The van der Waals surface area contributed by atoms with Crippen LogP contribution in [0, 0.1) is 5.82 Å². The molecule has 1 aromatic rings. The van der Waals surface area contributed by atoms with Crippen molar-refractivity contribution < 1.29 is 28.6 Å². The largest absolute Gasteiger partial charge is 0.506 e. The van der Waals surface area contributed by atoms with E-state index in [4.69, 9.17) is 5.11 Å². The maximum absolute atomic E-state index is 12.5. The van der Waals surface area contributed by atoms with Gasteiger partial charge in [0.2, 0.25) is 11.8 Å². The van der Waals surface area contributed by atoms with Gasteiger partial charge in [-0.3, -0.25) is 14.9 Å². The molecule has 0 radical (unpaired) electrons. The molecule has 1 atom stereocenters. The molecule has 108 valence electrons. The summed E-state index contributed by atoms with van der Waals surface area (Å²) in [5, 5.41) is 10.4. The zero-order valence-electron chi connectivity index (χ0n) is 10.8. The highest BCUT2D eigenvalue weighted by atomic mass is 19.1. The number of benzene rings is 1. The zero-order chi connectivity index (χ0) is 15.1. The molecule has 2 rings (SSSR count). The van der Waals surface area contributed by atoms with E-state index in [1.807, 2.05) is 0 Å². The highest BCUT2D eigenvalue weighted by molar-refractivity contribution is 6.01. The number of carboxylic acid groups (broad SMARTS) is 1. The van der Waals surface area contributed by atoms with Crippen molar-refractivity contribution in [3.8, 4) is 0 Å². The fourth-order valence-electron chi connectivity index (χ4n) is 1.46. The van der Waals surface area contributed by atoms with Crippen molar-refractivity contribution in [1.82, 2.24) is 5.32 Å². The van der Waals surface area contributed by atoms with Gasteiger partial charge in [0.1, 0.15) is 11.9 Å². The Morgan fingerprint density at radius 3 is 2.10 bits per heavy atom. The number of nitrogens with one attached hydrogen (secondary N) is 1. The Labute approximate surface area is 114 Å². The van der Waals surface area contributed by atoms with Gasteiger partial charge in [-0.15, -0.1) is 0 Å². The number of amides is 2. The summed E-state index contributed by atoms with van der Waals surface area (Å²) in [7, 11) is 0. The molecule has 1 fully saturated rings. The number of hydrogen-bond donors (Lipinski definition) is 2. The number of halogens is 1. The summed E-state index contributed by atoms with van der Waals surface area (Å²) in [6.45, 7) is 1.58. The summed E-state index contributed by atoms with van der Waals surface area (Å²) in [4.78, 5) is 30.4. The van der Waals surface area contributed by atoms with E-state index >= 15 is 0 Å². The lowest BCUT2D eigenvalue weighted by atomic mass is 10.1. The minimum Gasteiger partial charge on any atom is -0.450 e. The second-order valence-corrected chi connectivity index (χ2v) is 4.05. The fraction of sp³-hybridized carbons (Fsp3) is 0.308. The summed E-state index contributed by atoms with van der Waals surface area (Å²) < 4.78 is 16.9. The molecule has 0 bridgehead atoms. The van der Waals surface area contributed by atoms with Crippen molar-refractivity contribution in [2.75, 3.05) is 0 Å². The molecule has 0 spiro atoms. The Morgan fingerprint density at radius 1 is 1.25 bits per heavy atom. The predicted octanol–water partition coefficient (Wildman–Crippen LogP) is 2.00. The molecule has 1 saturated heterocycles. The third-order valence-electron chi connectivity index (χ3n) is 2.47. The standard InChI is InChI=1S/C9H9FO3.C4H5NO2/c1-6(13-9(11)12)7-2-4-8(10)5-3-7;6-3-1-2-4(7)5-3/h2-6H,1H3,(H,11,12);1-2H2,(H,5,6,7). The summed E-state index contributed by atoms with van der Waals surface area (Å²) >= 11 is 0. The summed E-state index contributed by atoms with van der Waals surface area (Å²) in [6, 6.07) is 5.50. The molecule has 7 heteroatoms. The van der Waals surface area contributed by atoms with Gasteiger partial charge < -0.3 is 9.84 Å². The Balaban J connectivity index is 0.000000240. The average Bonchev–Trinajstić information content (AvgIpc) is 2.74. The molecular weight excluding hydrogens is 269 g/mol. The third-order valence-corrected chi connectivity index (χ3v) is 2.47. The number of ether oxygens (including phenoxy) is 1. The second kappa shape index (κ2) is 7.22. The summed E-state index contributed by atoms with van der Waals surface area (Å²) in [6.07, 6.45) is -1.16. The molecule has 0 aliphatic carbocycles. The van der Waals surface area contributed by atoms with Gasteiger partial charge in [-0.25, -0.2) is 9.18 Å². The van der Waals surface area contributed by atoms with Crippen molar-refractivity contribution in [3.63, 3.8) is 0 Å². The highest BCUT2D eigenvalue weighted by Gasteiger charge is 2.15. The van der Waals surface area contributed by atoms with Crippen molar-refractivity contribution in [3.05, 3.63) is 35.6 Å². The van der Waals surface area contributed by atoms with Crippen LogP contribution in [0.3, 0.4) is 0 Å². The molecule has 1 aliphatic heterocycles. The lowest BCUT2D eigenvalue weighted by Gasteiger charge is -2.09. The van der Waals surface area contributed by atoms with Gasteiger partial charge in [0, 0.05) is 12.8 Å². The first-order chi connectivity index (χ1) is 9.38. The van der Waals surface area contributed by atoms with Crippen LogP contribution in [0.15, 0.2) is 24.3 Å². The zero-order valence-corrected chi connectivity index (χ0v) is 10.8. The average molecular weight is 283 g/mol. The van der Waals surface area contributed by atoms with E-state index in [0.717, 1.165) is 0 Å². The van der Waals surface area contributed by atoms with Crippen LogP contribution in [0.1, 0.15) is 31.4 Å². The van der Waals surface area contributed by atoms with E-state index in [2.05, 4.69) is 10.1 Å². The van der Waals surface area contributed by atoms with E-state index in [0.29, 0.717) is 18.4 Å². The van der Waals surface area contributed by atoms with E-state index < -0.39 is 12.3 Å². The number of imide groups is 1. The van der Waals surface area contributed by atoms with Gasteiger partial charge >= 0.3 is 6.16 Å². The topological polar surface area (TPSA) is 92.7 Å². The molecule has 20 heavy (non-hydrogen) atoms. The normalized spacial score (nSPS) is 14.9. The molecule has 1 aliphatic rings.